The van der Waals surface area contributed by atoms with E-state index in [1.165, 1.54) is 5.56 Å². The Morgan fingerprint density at radius 3 is 2.89 bits per heavy atom. The van der Waals surface area contributed by atoms with Crippen LogP contribution >= 0.6 is 0 Å². The molecular weight excluding hydrogens is 226 g/mol. The molecule has 2 rings (SSSR count). The Labute approximate surface area is 107 Å². The number of methoxy groups -OCH3 is 1. The molecule has 0 radical (unpaired) electrons. The SMILES string of the molecule is CCNC(Cc1ccccc1OC)c1ncc[nH]1. The minimum absolute atomic E-state index is 0.182. The van der Waals surface area contributed by atoms with Crippen molar-refractivity contribution in [3.05, 3.63) is 48.0 Å². The molecule has 0 bridgehead atoms. The van der Waals surface area contributed by atoms with Crippen molar-refractivity contribution in [1.29, 1.82) is 0 Å². The van der Waals surface area contributed by atoms with E-state index in [1.807, 2.05) is 24.4 Å². The summed E-state index contributed by atoms with van der Waals surface area (Å²) in [6.45, 7) is 3.00. The van der Waals surface area contributed by atoms with Crippen LogP contribution in [0, 0.1) is 0 Å². The number of nitrogens with one attached hydrogen (secondary N) is 2. The summed E-state index contributed by atoms with van der Waals surface area (Å²) in [6, 6.07) is 8.27. The van der Waals surface area contributed by atoms with E-state index in [9.17, 15) is 0 Å². The lowest BCUT2D eigenvalue weighted by molar-refractivity contribution is 0.405. The number of likely N-dealkylation sites (N-methyl/N-ethyl adjacent to an activating group) is 1. The van der Waals surface area contributed by atoms with Crippen molar-refractivity contribution < 1.29 is 4.74 Å². The maximum Gasteiger partial charge on any atom is 0.123 e. The number of aromatic nitrogens is 2. The van der Waals surface area contributed by atoms with E-state index in [4.69, 9.17) is 4.74 Å². The van der Waals surface area contributed by atoms with Crippen molar-refractivity contribution >= 4 is 0 Å². The van der Waals surface area contributed by atoms with Crippen molar-refractivity contribution in [2.24, 2.45) is 0 Å². The summed E-state index contributed by atoms with van der Waals surface area (Å²) in [7, 11) is 1.70. The molecule has 1 heterocycles. The second-order valence-electron chi connectivity index (χ2n) is 4.10. The minimum atomic E-state index is 0.182. The van der Waals surface area contributed by atoms with Crippen LogP contribution in [-0.2, 0) is 6.42 Å². The van der Waals surface area contributed by atoms with Crippen molar-refractivity contribution in [3.63, 3.8) is 0 Å². The molecule has 0 fully saturated rings. The summed E-state index contributed by atoms with van der Waals surface area (Å²) in [5.41, 5.74) is 1.18. The van der Waals surface area contributed by atoms with E-state index >= 15 is 0 Å². The van der Waals surface area contributed by atoms with Gasteiger partial charge in [-0.3, -0.25) is 0 Å². The summed E-state index contributed by atoms with van der Waals surface area (Å²) >= 11 is 0. The fourth-order valence-corrected chi connectivity index (χ4v) is 2.07. The van der Waals surface area contributed by atoms with Crippen LogP contribution in [0.4, 0.5) is 0 Å². The molecule has 0 aliphatic carbocycles. The number of nitrogens with zero attached hydrogens (tertiary/aromatic N) is 1. The monoisotopic (exact) mass is 245 g/mol. The molecule has 4 heteroatoms. The maximum atomic E-state index is 5.38. The maximum absolute atomic E-state index is 5.38. The van der Waals surface area contributed by atoms with Crippen LogP contribution in [0.1, 0.15) is 24.4 Å². The molecule has 1 aromatic carbocycles. The van der Waals surface area contributed by atoms with Crippen LogP contribution in [0.5, 0.6) is 5.75 Å². The summed E-state index contributed by atoms with van der Waals surface area (Å²) in [6.07, 6.45) is 4.48. The Morgan fingerprint density at radius 2 is 2.22 bits per heavy atom. The second-order valence-corrected chi connectivity index (χ2v) is 4.10. The number of H-pyrrole nitrogens is 1. The normalized spacial score (nSPS) is 12.3. The molecule has 0 saturated carbocycles. The van der Waals surface area contributed by atoms with Crippen LogP contribution in [-0.4, -0.2) is 23.6 Å². The average molecular weight is 245 g/mol. The van der Waals surface area contributed by atoms with Gasteiger partial charge in [-0.1, -0.05) is 25.1 Å². The summed E-state index contributed by atoms with van der Waals surface area (Å²) in [5.74, 6) is 1.88. The highest BCUT2D eigenvalue weighted by atomic mass is 16.5. The zero-order chi connectivity index (χ0) is 12.8. The zero-order valence-electron chi connectivity index (χ0n) is 10.8. The highest BCUT2D eigenvalue weighted by Gasteiger charge is 2.15. The standard InChI is InChI=1S/C14H19N3O/c1-3-15-12(14-16-8-9-17-14)10-11-6-4-5-7-13(11)18-2/h4-9,12,15H,3,10H2,1-2H3,(H,16,17). The number of hydrogen-bond acceptors (Lipinski definition) is 3. The van der Waals surface area contributed by atoms with Gasteiger partial charge in [0.05, 0.1) is 13.2 Å². The number of imidazole rings is 1. The predicted octanol–water partition coefficient (Wildman–Crippen LogP) is 2.31. The first-order chi connectivity index (χ1) is 8.85. The van der Waals surface area contributed by atoms with Crippen molar-refractivity contribution in [2.45, 2.75) is 19.4 Å². The summed E-state index contributed by atoms with van der Waals surface area (Å²) in [4.78, 5) is 7.49. The van der Waals surface area contributed by atoms with Gasteiger partial charge in [0, 0.05) is 12.4 Å². The van der Waals surface area contributed by atoms with Gasteiger partial charge in [-0.2, -0.15) is 0 Å². The predicted molar refractivity (Wildman–Crippen MR) is 71.7 cm³/mol. The van der Waals surface area contributed by atoms with Crippen LogP contribution in [0.25, 0.3) is 0 Å². The van der Waals surface area contributed by atoms with Crippen molar-refractivity contribution in [2.75, 3.05) is 13.7 Å². The third kappa shape index (κ3) is 2.90. The van der Waals surface area contributed by atoms with Gasteiger partial charge in [0.2, 0.25) is 0 Å². The van der Waals surface area contributed by atoms with Gasteiger partial charge in [-0.25, -0.2) is 4.98 Å². The smallest absolute Gasteiger partial charge is 0.123 e. The molecule has 0 aliphatic rings. The van der Waals surface area contributed by atoms with Gasteiger partial charge in [-0.05, 0) is 24.6 Å². The molecule has 18 heavy (non-hydrogen) atoms. The molecule has 96 valence electrons. The largest absolute Gasteiger partial charge is 0.496 e. The van der Waals surface area contributed by atoms with E-state index in [2.05, 4.69) is 28.3 Å². The Bertz CT molecular complexity index is 468. The van der Waals surface area contributed by atoms with Gasteiger partial charge in [0.1, 0.15) is 11.6 Å². The highest BCUT2D eigenvalue weighted by Crippen LogP contribution is 2.23. The van der Waals surface area contributed by atoms with E-state index in [1.54, 1.807) is 13.3 Å². The zero-order valence-corrected chi connectivity index (χ0v) is 10.8. The van der Waals surface area contributed by atoms with Crippen LogP contribution in [0.15, 0.2) is 36.7 Å². The quantitative estimate of drug-likeness (QED) is 0.821. The highest BCUT2D eigenvalue weighted by molar-refractivity contribution is 5.34. The number of rotatable bonds is 6. The number of ether oxygens (including phenoxy) is 1. The van der Waals surface area contributed by atoms with Gasteiger partial charge < -0.3 is 15.0 Å². The fourth-order valence-electron chi connectivity index (χ4n) is 2.07. The molecule has 4 nitrogen and oxygen atoms in total. The molecule has 2 N–H and O–H groups in total. The van der Waals surface area contributed by atoms with Crippen LogP contribution in [0.3, 0.4) is 0 Å². The third-order valence-electron chi connectivity index (χ3n) is 2.92. The molecule has 0 saturated heterocycles. The van der Waals surface area contributed by atoms with Crippen molar-refractivity contribution in [3.8, 4) is 5.75 Å². The Hall–Kier alpha value is -1.81. The summed E-state index contributed by atoms with van der Waals surface area (Å²) in [5, 5.41) is 3.44. The molecule has 0 amide bonds. The lowest BCUT2D eigenvalue weighted by Gasteiger charge is -2.17. The topological polar surface area (TPSA) is 49.9 Å². The van der Waals surface area contributed by atoms with Crippen LogP contribution < -0.4 is 10.1 Å². The lowest BCUT2D eigenvalue weighted by atomic mass is 10.0. The van der Waals surface area contributed by atoms with Crippen molar-refractivity contribution in [1.82, 2.24) is 15.3 Å². The Balaban J connectivity index is 2.18. The fraction of sp³-hybridized carbons (Fsp3) is 0.357. The number of benzene rings is 1. The Morgan fingerprint density at radius 1 is 1.39 bits per heavy atom. The average Bonchev–Trinajstić information content (AvgIpc) is 2.92. The van der Waals surface area contributed by atoms with Gasteiger partial charge in [0.25, 0.3) is 0 Å². The minimum Gasteiger partial charge on any atom is -0.496 e. The van der Waals surface area contributed by atoms with Gasteiger partial charge in [0.15, 0.2) is 0 Å². The molecule has 1 unspecified atom stereocenters. The second kappa shape index (κ2) is 6.21. The third-order valence-corrected chi connectivity index (χ3v) is 2.92. The molecule has 2 aromatic rings. The molecule has 0 spiro atoms. The number of para-hydroxylation sites is 1. The molecule has 1 aromatic heterocycles. The number of aromatic amines is 1. The molecular formula is C14H19N3O. The first-order valence-electron chi connectivity index (χ1n) is 6.19. The van der Waals surface area contributed by atoms with Crippen LogP contribution in [0.2, 0.25) is 0 Å². The number of hydrogen-bond donors (Lipinski definition) is 2. The lowest BCUT2D eigenvalue weighted by Crippen LogP contribution is -2.24. The first kappa shape index (κ1) is 12.6. The Kier molecular flexibility index (Phi) is 4.36. The van der Waals surface area contributed by atoms with E-state index < -0.39 is 0 Å². The first-order valence-corrected chi connectivity index (χ1v) is 6.19. The van der Waals surface area contributed by atoms with Gasteiger partial charge in [-0.15, -0.1) is 0 Å². The van der Waals surface area contributed by atoms with E-state index in [0.717, 1.165) is 24.5 Å². The summed E-state index contributed by atoms with van der Waals surface area (Å²) < 4.78 is 5.38. The molecule has 0 aliphatic heterocycles. The van der Waals surface area contributed by atoms with Gasteiger partial charge >= 0.3 is 0 Å². The van der Waals surface area contributed by atoms with E-state index in [-0.39, 0.29) is 6.04 Å². The molecule has 1 atom stereocenters. The van der Waals surface area contributed by atoms with E-state index in [0.29, 0.717) is 0 Å².